The molecule has 2 fully saturated rings. The Bertz CT molecular complexity index is 216. The van der Waals surface area contributed by atoms with Crippen molar-refractivity contribution in [1.82, 2.24) is 0 Å². The van der Waals surface area contributed by atoms with Crippen LogP contribution in [0.15, 0.2) is 0 Å². The van der Waals surface area contributed by atoms with Gasteiger partial charge in [0.2, 0.25) is 0 Å². The van der Waals surface area contributed by atoms with E-state index in [4.69, 9.17) is 23.7 Å². The molecule has 0 N–H and O–H groups in total. The minimum Gasteiger partial charge on any atom is -0.380 e. The third kappa shape index (κ3) is 4.39. The molecule has 0 radical (unpaired) electrons. The zero-order chi connectivity index (χ0) is 13.5. The molecule has 5 nitrogen and oxygen atoms in total. The molecular formula is C14H26O5. The molecule has 2 rings (SSSR count). The Morgan fingerprint density at radius 1 is 0.842 bits per heavy atom. The summed E-state index contributed by atoms with van der Waals surface area (Å²) in [6.07, 6.45) is 2.48. The average molecular weight is 274 g/mol. The molecule has 2 unspecified atom stereocenters. The summed E-state index contributed by atoms with van der Waals surface area (Å²) in [6.45, 7) is 8.11. The predicted octanol–water partition coefficient (Wildman–Crippen LogP) is 1.80. The van der Waals surface area contributed by atoms with E-state index < -0.39 is 0 Å². The van der Waals surface area contributed by atoms with E-state index in [-0.39, 0.29) is 12.2 Å². The molecule has 0 aliphatic carbocycles. The molecule has 0 aromatic rings. The van der Waals surface area contributed by atoms with Crippen LogP contribution in [0.5, 0.6) is 0 Å². The van der Waals surface area contributed by atoms with Crippen molar-refractivity contribution < 1.29 is 23.7 Å². The van der Waals surface area contributed by atoms with Crippen molar-refractivity contribution >= 4 is 0 Å². The first kappa shape index (κ1) is 15.2. The summed E-state index contributed by atoms with van der Waals surface area (Å²) in [7, 11) is 0. The molecule has 0 aromatic carbocycles. The topological polar surface area (TPSA) is 46.2 Å². The number of rotatable bonds is 10. The van der Waals surface area contributed by atoms with Gasteiger partial charge in [0, 0.05) is 11.8 Å². The molecule has 19 heavy (non-hydrogen) atoms. The van der Waals surface area contributed by atoms with Crippen LogP contribution in [0.2, 0.25) is 0 Å². The summed E-state index contributed by atoms with van der Waals surface area (Å²) in [5.41, 5.74) is 0. The highest BCUT2D eigenvalue weighted by molar-refractivity contribution is 4.75. The maximum absolute atomic E-state index is 5.70. The SMILES string of the molecule is CCC(OCOCOC(CC)C1COC1)C1COC1. The van der Waals surface area contributed by atoms with Gasteiger partial charge < -0.3 is 23.7 Å². The van der Waals surface area contributed by atoms with Crippen LogP contribution in [0.4, 0.5) is 0 Å². The van der Waals surface area contributed by atoms with E-state index in [1.54, 1.807) is 0 Å². The van der Waals surface area contributed by atoms with Gasteiger partial charge in [0.25, 0.3) is 0 Å². The van der Waals surface area contributed by atoms with E-state index in [1.165, 1.54) is 0 Å². The third-order valence-corrected chi connectivity index (χ3v) is 3.91. The first-order valence-corrected chi connectivity index (χ1v) is 7.31. The Kier molecular flexibility index (Phi) is 6.53. The minimum absolute atomic E-state index is 0.246. The van der Waals surface area contributed by atoms with E-state index in [1.807, 2.05) is 0 Å². The largest absolute Gasteiger partial charge is 0.380 e. The van der Waals surface area contributed by atoms with Crippen LogP contribution < -0.4 is 0 Å². The highest BCUT2D eigenvalue weighted by atomic mass is 16.7. The Balaban J connectivity index is 1.50. The molecular weight excluding hydrogens is 248 g/mol. The summed E-state index contributed by atoms with van der Waals surface area (Å²) >= 11 is 0. The van der Waals surface area contributed by atoms with Gasteiger partial charge in [-0.2, -0.15) is 0 Å². The molecule has 112 valence electrons. The molecule has 2 aliphatic heterocycles. The second-order valence-corrected chi connectivity index (χ2v) is 5.26. The monoisotopic (exact) mass is 274 g/mol. The lowest BCUT2D eigenvalue weighted by atomic mass is 9.99. The van der Waals surface area contributed by atoms with Crippen molar-refractivity contribution in [1.29, 1.82) is 0 Å². The smallest absolute Gasteiger partial charge is 0.149 e. The zero-order valence-corrected chi connectivity index (χ0v) is 12.0. The van der Waals surface area contributed by atoms with Crippen molar-refractivity contribution in [2.24, 2.45) is 11.8 Å². The molecule has 0 aromatic heterocycles. The van der Waals surface area contributed by atoms with Gasteiger partial charge in [-0.25, -0.2) is 0 Å². The van der Waals surface area contributed by atoms with Crippen LogP contribution >= 0.6 is 0 Å². The molecule has 0 bridgehead atoms. The van der Waals surface area contributed by atoms with Crippen molar-refractivity contribution in [3.63, 3.8) is 0 Å². The number of hydrogen-bond acceptors (Lipinski definition) is 5. The lowest BCUT2D eigenvalue weighted by Gasteiger charge is -2.33. The molecule has 0 spiro atoms. The average Bonchev–Trinajstić information content (AvgIpc) is 2.30. The molecule has 2 heterocycles. The summed E-state index contributed by atoms with van der Waals surface area (Å²) in [6, 6.07) is 0. The minimum atomic E-state index is 0.246. The van der Waals surface area contributed by atoms with Crippen molar-refractivity contribution in [2.75, 3.05) is 40.0 Å². The molecule has 2 atom stereocenters. The highest BCUT2D eigenvalue weighted by Gasteiger charge is 2.29. The van der Waals surface area contributed by atoms with Gasteiger partial charge in [0.15, 0.2) is 0 Å². The predicted molar refractivity (Wildman–Crippen MR) is 69.8 cm³/mol. The Morgan fingerprint density at radius 3 is 1.53 bits per heavy atom. The Hall–Kier alpha value is -0.200. The van der Waals surface area contributed by atoms with E-state index in [9.17, 15) is 0 Å². The van der Waals surface area contributed by atoms with Crippen LogP contribution in [0.1, 0.15) is 26.7 Å². The Labute approximate surface area is 115 Å². The number of ether oxygens (including phenoxy) is 5. The van der Waals surface area contributed by atoms with Crippen LogP contribution in [-0.2, 0) is 23.7 Å². The van der Waals surface area contributed by atoms with Gasteiger partial charge >= 0.3 is 0 Å². The van der Waals surface area contributed by atoms with Crippen LogP contribution in [-0.4, -0.2) is 52.2 Å². The van der Waals surface area contributed by atoms with Crippen molar-refractivity contribution in [3.05, 3.63) is 0 Å². The maximum Gasteiger partial charge on any atom is 0.149 e. The summed E-state index contributed by atoms with van der Waals surface area (Å²) in [5, 5.41) is 0. The third-order valence-electron chi connectivity index (χ3n) is 3.91. The first-order valence-electron chi connectivity index (χ1n) is 7.31. The summed E-state index contributed by atoms with van der Waals surface area (Å²) < 4.78 is 27.2. The van der Waals surface area contributed by atoms with Crippen LogP contribution in [0, 0.1) is 11.8 Å². The fourth-order valence-electron chi connectivity index (χ4n) is 2.42. The van der Waals surface area contributed by atoms with E-state index in [0.717, 1.165) is 39.3 Å². The lowest BCUT2D eigenvalue weighted by Crippen LogP contribution is -2.40. The van der Waals surface area contributed by atoms with Gasteiger partial charge in [0.05, 0.1) is 38.6 Å². The zero-order valence-electron chi connectivity index (χ0n) is 12.0. The van der Waals surface area contributed by atoms with Gasteiger partial charge in [-0.15, -0.1) is 0 Å². The highest BCUT2D eigenvalue weighted by Crippen LogP contribution is 2.21. The molecule has 5 heteroatoms. The Morgan fingerprint density at radius 2 is 1.26 bits per heavy atom. The van der Waals surface area contributed by atoms with Crippen LogP contribution in [0.3, 0.4) is 0 Å². The fraction of sp³-hybridized carbons (Fsp3) is 1.00. The molecule has 0 saturated carbocycles. The second kappa shape index (κ2) is 8.17. The lowest BCUT2D eigenvalue weighted by molar-refractivity contribution is -0.208. The van der Waals surface area contributed by atoms with Crippen molar-refractivity contribution in [3.8, 4) is 0 Å². The van der Waals surface area contributed by atoms with Gasteiger partial charge in [-0.3, -0.25) is 0 Å². The normalized spacial score (nSPS) is 23.7. The van der Waals surface area contributed by atoms with Gasteiger partial charge in [-0.05, 0) is 12.8 Å². The van der Waals surface area contributed by atoms with Crippen molar-refractivity contribution in [2.45, 2.75) is 38.9 Å². The molecule has 2 saturated heterocycles. The molecule has 0 amide bonds. The van der Waals surface area contributed by atoms with E-state index >= 15 is 0 Å². The second-order valence-electron chi connectivity index (χ2n) is 5.26. The quantitative estimate of drug-likeness (QED) is 0.449. The fourth-order valence-corrected chi connectivity index (χ4v) is 2.42. The summed E-state index contributed by atoms with van der Waals surface area (Å²) in [5.74, 6) is 1.06. The van der Waals surface area contributed by atoms with Gasteiger partial charge in [-0.1, -0.05) is 13.8 Å². The molecule has 2 aliphatic rings. The van der Waals surface area contributed by atoms with E-state index in [2.05, 4.69) is 13.8 Å². The number of hydrogen-bond donors (Lipinski definition) is 0. The van der Waals surface area contributed by atoms with Crippen LogP contribution in [0.25, 0.3) is 0 Å². The van der Waals surface area contributed by atoms with Gasteiger partial charge in [0.1, 0.15) is 13.6 Å². The maximum atomic E-state index is 5.70. The van der Waals surface area contributed by atoms with E-state index in [0.29, 0.717) is 25.4 Å². The first-order chi connectivity index (χ1) is 9.35. The summed E-state index contributed by atoms with van der Waals surface area (Å²) in [4.78, 5) is 0. The standard InChI is InChI=1S/C14H26O5/c1-3-13(11-5-15-6-11)18-9-17-10-19-14(4-2)12-7-16-8-12/h11-14H,3-10H2,1-2H3.